The fourth-order valence-corrected chi connectivity index (χ4v) is 7.75. The molecule has 2 aromatic carbocycles. The summed E-state index contributed by atoms with van der Waals surface area (Å²) in [5.74, 6) is -3.05. The summed E-state index contributed by atoms with van der Waals surface area (Å²) in [4.78, 5) is 28.3. The number of carbonyl (C=O) groups is 1. The number of fused-ring (bicyclic) bond motifs is 4. The summed E-state index contributed by atoms with van der Waals surface area (Å²) in [6.07, 6.45) is 3.84. The van der Waals surface area contributed by atoms with Crippen molar-refractivity contribution in [1.29, 1.82) is 0 Å². The molecular formula is C34H38F3N5O4. The molecule has 7 rings (SSSR count). The van der Waals surface area contributed by atoms with E-state index in [9.17, 15) is 14.3 Å². The van der Waals surface area contributed by atoms with Gasteiger partial charge >= 0.3 is 12.1 Å². The lowest BCUT2D eigenvalue weighted by atomic mass is 9.94. The van der Waals surface area contributed by atoms with E-state index in [0.29, 0.717) is 13.1 Å². The molecule has 5 heterocycles. The van der Waals surface area contributed by atoms with Gasteiger partial charge in [0.25, 0.3) is 0 Å². The van der Waals surface area contributed by atoms with Gasteiger partial charge in [-0.2, -0.15) is 9.97 Å². The number of ether oxygens (including phenoxy) is 2. The Labute approximate surface area is 265 Å². The van der Waals surface area contributed by atoms with Crippen LogP contribution in [0.25, 0.3) is 22.0 Å². The first-order chi connectivity index (χ1) is 21.8. The highest BCUT2D eigenvalue weighted by atomic mass is 19.1. The Hall–Kier alpha value is -4.06. The van der Waals surface area contributed by atoms with E-state index in [1.807, 2.05) is 25.7 Å². The molecular weight excluding hydrogens is 599 g/mol. The summed E-state index contributed by atoms with van der Waals surface area (Å²) in [6, 6.07) is 3.71. The van der Waals surface area contributed by atoms with E-state index in [-0.39, 0.29) is 58.8 Å². The SMILES string of the molecule is C=C1CN2CCCC2(COc2nc(N3CC4CCC(C3)N4C(=O)OC(C)(C)C)c3cc(F)c(-c4cc(O)ccc4F)c(F)c3n2)C1. The number of hydrogen-bond donors (Lipinski definition) is 1. The average molecular weight is 638 g/mol. The second kappa shape index (κ2) is 11.0. The second-order valence-corrected chi connectivity index (χ2v) is 14.1. The van der Waals surface area contributed by atoms with E-state index in [2.05, 4.69) is 16.5 Å². The van der Waals surface area contributed by atoms with Crippen LogP contribution in [0.1, 0.15) is 52.9 Å². The molecule has 3 atom stereocenters. The number of phenolic OH excluding ortho intramolecular Hbond substituents is 1. The number of amides is 1. The molecule has 0 aliphatic carbocycles. The van der Waals surface area contributed by atoms with Crippen LogP contribution < -0.4 is 9.64 Å². The van der Waals surface area contributed by atoms with Gasteiger partial charge in [-0.3, -0.25) is 9.80 Å². The molecule has 4 aliphatic rings. The van der Waals surface area contributed by atoms with E-state index in [1.54, 1.807) is 4.90 Å². The van der Waals surface area contributed by atoms with Crippen LogP contribution in [-0.2, 0) is 4.74 Å². The molecule has 4 aliphatic heterocycles. The first-order valence-corrected chi connectivity index (χ1v) is 15.8. The van der Waals surface area contributed by atoms with Crippen molar-refractivity contribution in [2.45, 2.75) is 76.1 Å². The zero-order valence-electron chi connectivity index (χ0n) is 26.3. The molecule has 4 fully saturated rings. The Morgan fingerprint density at radius 3 is 2.57 bits per heavy atom. The third kappa shape index (κ3) is 5.30. The van der Waals surface area contributed by atoms with Gasteiger partial charge in [-0.1, -0.05) is 12.2 Å². The van der Waals surface area contributed by atoms with Crippen LogP contribution in [0.4, 0.5) is 23.8 Å². The number of rotatable bonds is 5. The number of anilines is 1. The van der Waals surface area contributed by atoms with Gasteiger partial charge in [0.1, 0.15) is 40.9 Å². The summed E-state index contributed by atoms with van der Waals surface area (Å²) in [5.41, 5.74) is -1.05. The summed E-state index contributed by atoms with van der Waals surface area (Å²) in [6.45, 7) is 12.4. The predicted octanol–water partition coefficient (Wildman–Crippen LogP) is 6.18. The molecule has 9 nitrogen and oxygen atoms in total. The van der Waals surface area contributed by atoms with E-state index >= 15 is 8.78 Å². The van der Waals surface area contributed by atoms with Crippen LogP contribution in [-0.4, -0.2) is 87.0 Å². The number of halogens is 3. The van der Waals surface area contributed by atoms with Crippen LogP contribution in [0.2, 0.25) is 0 Å². The van der Waals surface area contributed by atoms with E-state index in [0.717, 1.165) is 75.0 Å². The molecule has 1 amide bonds. The number of aromatic nitrogens is 2. The molecule has 0 radical (unpaired) electrons. The maximum atomic E-state index is 16.4. The molecule has 3 aromatic rings. The Kier molecular flexibility index (Phi) is 7.34. The van der Waals surface area contributed by atoms with Gasteiger partial charge in [0.15, 0.2) is 5.82 Å². The Morgan fingerprint density at radius 1 is 1.11 bits per heavy atom. The average Bonchev–Trinajstić information content (AvgIpc) is 3.59. The quantitative estimate of drug-likeness (QED) is 0.332. The standard InChI is InChI=1S/C34H38F3N5O4/c1-19-14-34(10-5-11-41(34)15-19)18-45-31-38-29-24(13-26(36)27(28(29)37)23-12-22(43)8-9-25(23)35)30(39-31)40-16-20-6-7-21(17-40)42(20)32(44)46-33(2,3)4/h8-9,12-13,20-21,43H,1,5-7,10-11,14-18H2,2-4H3. The van der Waals surface area contributed by atoms with Gasteiger partial charge in [-0.15, -0.1) is 0 Å². The molecule has 1 aromatic heterocycles. The highest BCUT2D eigenvalue weighted by Gasteiger charge is 2.47. The fourth-order valence-electron chi connectivity index (χ4n) is 7.75. The predicted molar refractivity (Wildman–Crippen MR) is 166 cm³/mol. The van der Waals surface area contributed by atoms with Crippen LogP contribution in [0.3, 0.4) is 0 Å². The van der Waals surface area contributed by atoms with E-state index in [1.165, 1.54) is 0 Å². The minimum Gasteiger partial charge on any atom is -0.508 e. The van der Waals surface area contributed by atoms with Crippen molar-refractivity contribution in [3.05, 3.63) is 53.9 Å². The lowest BCUT2D eigenvalue weighted by molar-refractivity contribution is 0.0122. The third-order valence-corrected chi connectivity index (χ3v) is 9.65. The van der Waals surface area contributed by atoms with Gasteiger partial charge in [0.05, 0.1) is 23.2 Å². The molecule has 0 saturated carbocycles. The number of aromatic hydroxyl groups is 1. The molecule has 3 unspecified atom stereocenters. The van der Waals surface area contributed by atoms with Crippen molar-refractivity contribution in [1.82, 2.24) is 19.8 Å². The van der Waals surface area contributed by atoms with Crippen LogP contribution in [0.15, 0.2) is 36.4 Å². The number of carbonyl (C=O) groups excluding carboxylic acids is 1. The van der Waals surface area contributed by atoms with Gasteiger partial charge < -0.3 is 19.5 Å². The lowest BCUT2D eigenvalue weighted by Gasteiger charge is -2.42. The van der Waals surface area contributed by atoms with Gasteiger partial charge in [0, 0.05) is 30.6 Å². The highest BCUT2D eigenvalue weighted by Crippen LogP contribution is 2.43. The van der Waals surface area contributed by atoms with Crippen molar-refractivity contribution in [3.8, 4) is 22.9 Å². The Bertz CT molecular complexity index is 1730. The third-order valence-electron chi connectivity index (χ3n) is 9.65. The molecule has 244 valence electrons. The monoisotopic (exact) mass is 637 g/mol. The number of benzene rings is 2. The second-order valence-electron chi connectivity index (χ2n) is 14.1. The lowest BCUT2D eigenvalue weighted by Crippen LogP contribution is -2.57. The summed E-state index contributed by atoms with van der Waals surface area (Å²) in [5, 5.41) is 10.1. The fraction of sp³-hybridized carbons (Fsp3) is 0.500. The maximum Gasteiger partial charge on any atom is 0.410 e. The normalized spacial score (nSPS) is 24.6. The summed E-state index contributed by atoms with van der Waals surface area (Å²) >= 11 is 0. The molecule has 4 saturated heterocycles. The number of piperazine rings is 1. The largest absolute Gasteiger partial charge is 0.508 e. The van der Waals surface area contributed by atoms with Crippen LogP contribution in [0, 0.1) is 17.5 Å². The van der Waals surface area contributed by atoms with Crippen molar-refractivity contribution in [2.24, 2.45) is 0 Å². The van der Waals surface area contributed by atoms with Crippen LogP contribution >= 0.6 is 0 Å². The summed E-state index contributed by atoms with van der Waals surface area (Å²) < 4.78 is 59.0. The van der Waals surface area contributed by atoms with Crippen LogP contribution in [0.5, 0.6) is 11.8 Å². The van der Waals surface area contributed by atoms with Gasteiger partial charge in [-0.25, -0.2) is 18.0 Å². The number of hydrogen-bond acceptors (Lipinski definition) is 8. The number of nitrogens with zero attached hydrogens (tertiary/aromatic N) is 5. The molecule has 12 heteroatoms. The molecule has 0 spiro atoms. The highest BCUT2D eigenvalue weighted by molar-refractivity contribution is 5.94. The maximum absolute atomic E-state index is 16.4. The van der Waals surface area contributed by atoms with Gasteiger partial charge in [-0.05, 0) is 83.7 Å². The van der Waals surface area contributed by atoms with Crippen molar-refractivity contribution >= 4 is 22.8 Å². The molecule has 1 N–H and O–H groups in total. The Morgan fingerprint density at radius 2 is 1.85 bits per heavy atom. The number of phenols is 1. The smallest absolute Gasteiger partial charge is 0.410 e. The van der Waals surface area contributed by atoms with Crippen molar-refractivity contribution < 1.29 is 32.5 Å². The van der Waals surface area contributed by atoms with Crippen molar-refractivity contribution in [2.75, 3.05) is 37.7 Å². The Balaban J connectivity index is 1.29. The minimum absolute atomic E-state index is 0.0732. The first kappa shape index (κ1) is 30.6. The van der Waals surface area contributed by atoms with E-state index < -0.39 is 34.2 Å². The molecule has 46 heavy (non-hydrogen) atoms. The zero-order chi connectivity index (χ0) is 32.5. The summed E-state index contributed by atoms with van der Waals surface area (Å²) in [7, 11) is 0. The zero-order valence-corrected chi connectivity index (χ0v) is 26.3. The van der Waals surface area contributed by atoms with E-state index in [4.69, 9.17) is 14.5 Å². The molecule has 2 bridgehead atoms. The van der Waals surface area contributed by atoms with Crippen molar-refractivity contribution in [3.63, 3.8) is 0 Å². The van der Waals surface area contributed by atoms with Gasteiger partial charge in [0.2, 0.25) is 0 Å². The topological polar surface area (TPSA) is 91.3 Å². The minimum atomic E-state index is -1.08. The first-order valence-electron chi connectivity index (χ1n) is 15.8.